The third-order valence-electron chi connectivity index (χ3n) is 4.23. The summed E-state index contributed by atoms with van der Waals surface area (Å²) in [6.45, 7) is 1.67. The van der Waals surface area contributed by atoms with Gasteiger partial charge in [-0.3, -0.25) is 9.78 Å². The monoisotopic (exact) mass is 354 g/mol. The number of nitrogens with two attached hydrogens (primary N) is 1. The lowest BCUT2D eigenvalue weighted by atomic mass is 10.2. The predicted molar refractivity (Wildman–Crippen MR) is 89.6 cm³/mol. The Kier molecular flexibility index (Phi) is 3.83. The second kappa shape index (κ2) is 6.17. The van der Waals surface area contributed by atoms with Gasteiger partial charge in [0, 0.05) is 18.2 Å². The number of hydrogen-bond donors (Lipinski definition) is 2. The van der Waals surface area contributed by atoms with E-state index in [1.165, 1.54) is 12.5 Å². The Morgan fingerprint density at radius 1 is 1.35 bits per heavy atom. The Bertz CT molecular complexity index is 975. The normalized spacial score (nSPS) is 18.5. The third kappa shape index (κ3) is 2.67. The molecular weight excluding hydrogens is 339 g/mol. The van der Waals surface area contributed by atoms with E-state index in [0.717, 1.165) is 0 Å². The number of alkyl halides is 1. The molecule has 0 radical (unpaired) electrons. The predicted octanol–water partition coefficient (Wildman–Crippen LogP) is 2.30. The summed E-state index contributed by atoms with van der Waals surface area (Å²) < 4.78 is 19.3. The summed E-state index contributed by atoms with van der Waals surface area (Å²) in [6.07, 6.45) is 3.41. The molecule has 4 rings (SSSR count). The largest absolute Gasteiger partial charge is 0.443 e. The number of rotatable bonds is 3. The minimum atomic E-state index is -1.17. The van der Waals surface area contributed by atoms with Gasteiger partial charge in [0.15, 0.2) is 11.5 Å². The number of carbonyl (C=O) groups excluding carboxylic acids is 1. The van der Waals surface area contributed by atoms with Gasteiger partial charge in [-0.1, -0.05) is 6.07 Å². The van der Waals surface area contributed by atoms with E-state index in [2.05, 4.69) is 25.3 Å². The van der Waals surface area contributed by atoms with Crippen LogP contribution < -0.4 is 11.1 Å². The van der Waals surface area contributed by atoms with Crippen LogP contribution >= 0.6 is 0 Å². The lowest BCUT2D eigenvalue weighted by molar-refractivity contribution is 0.0927. The highest BCUT2D eigenvalue weighted by atomic mass is 19.1. The lowest BCUT2D eigenvalue weighted by Crippen LogP contribution is -2.29. The molecule has 0 fully saturated rings. The van der Waals surface area contributed by atoms with Crippen molar-refractivity contribution < 1.29 is 13.6 Å². The van der Waals surface area contributed by atoms with E-state index in [0.29, 0.717) is 22.6 Å². The Balaban J connectivity index is 1.61. The Morgan fingerprint density at radius 2 is 2.19 bits per heavy atom. The van der Waals surface area contributed by atoms with Crippen LogP contribution in [0.15, 0.2) is 35.2 Å². The Labute approximate surface area is 147 Å². The van der Waals surface area contributed by atoms with Crippen LogP contribution in [0.25, 0.3) is 11.6 Å². The molecule has 8 nitrogen and oxygen atoms in total. The second-order valence-corrected chi connectivity index (χ2v) is 5.94. The highest BCUT2D eigenvalue weighted by Crippen LogP contribution is 2.39. The molecule has 1 aliphatic carbocycles. The summed E-state index contributed by atoms with van der Waals surface area (Å²) in [4.78, 5) is 29.2. The maximum absolute atomic E-state index is 14.1. The van der Waals surface area contributed by atoms with E-state index >= 15 is 0 Å². The van der Waals surface area contributed by atoms with Crippen LogP contribution in [0.3, 0.4) is 0 Å². The summed E-state index contributed by atoms with van der Waals surface area (Å²) in [5, 5.41) is 2.74. The van der Waals surface area contributed by atoms with Gasteiger partial charge in [0.1, 0.15) is 18.1 Å². The van der Waals surface area contributed by atoms with Crippen molar-refractivity contribution in [3.05, 3.63) is 53.4 Å². The fraction of sp³-hybridized carbons (Fsp3) is 0.235. The fourth-order valence-electron chi connectivity index (χ4n) is 3.03. The number of oxazole rings is 1. The van der Waals surface area contributed by atoms with Gasteiger partial charge in [0.05, 0.1) is 23.6 Å². The van der Waals surface area contributed by atoms with Crippen LogP contribution in [0.5, 0.6) is 0 Å². The summed E-state index contributed by atoms with van der Waals surface area (Å²) in [5.41, 5.74) is 7.69. The summed E-state index contributed by atoms with van der Waals surface area (Å²) in [5.74, 6) is -0.326. The van der Waals surface area contributed by atoms with Crippen LogP contribution in [0.1, 0.15) is 46.1 Å². The van der Waals surface area contributed by atoms with Gasteiger partial charge in [-0.2, -0.15) is 0 Å². The minimum absolute atomic E-state index is 0.0300. The molecule has 0 aromatic carbocycles. The van der Waals surface area contributed by atoms with Gasteiger partial charge in [-0.05, 0) is 13.0 Å². The van der Waals surface area contributed by atoms with Gasteiger partial charge in [0.2, 0.25) is 5.89 Å². The van der Waals surface area contributed by atoms with Gasteiger partial charge >= 0.3 is 0 Å². The summed E-state index contributed by atoms with van der Waals surface area (Å²) in [7, 11) is 0. The van der Waals surface area contributed by atoms with Crippen molar-refractivity contribution in [1.29, 1.82) is 0 Å². The summed E-state index contributed by atoms with van der Waals surface area (Å²) in [6, 6.07) is 2.80. The molecule has 1 amide bonds. The molecule has 3 heterocycles. The zero-order valence-electron chi connectivity index (χ0n) is 13.8. The number of nitrogens with one attached hydrogen (secondary N) is 1. The van der Waals surface area contributed by atoms with Gasteiger partial charge in [-0.25, -0.2) is 19.3 Å². The van der Waals surface area contributed by atoms with Crippen molar-refractivity contribution in [3.63, 3.8) is 0 Å². The van der Waals surface area contributed by atoms with Crippen molar-refractivity contribution >= 4 is 11.7 Å². The third-order valence-corrected chi connectivity index (χ3v) is 4.23. The first-order valence-electron chi connectivity index (χ1n) is 7.98. The fourth-order valence-corrected chi connectivity index (χ4v) is 3.03. The highest BCUT2D eigenvalue weighted by Gasteiger charge is 2.34. The molecule has 1 aliphatic rings. The molecule has 0 spiro atoms. The molecule has 3 aromatic rings. The Hall–Kier alpha value is -3.36. The topological polar surface area (TPSA) is 120 Å². The zero-order chi connectivity index (χ0) is 18.3. The van der Waals surface area contributed by atoms with E-state index in [1.54, 1.807) is 25.3 Å². The first-order chi connectivity index (χ1) is 12.5. The van der Waals surface area contributed by atoms with Crippen molar-refractivity contribution in [2.24, 2.45) is 0 Å². The number of aryl methyl sites for hydroxylation is 1. The van der Waals surface area contributed by atoms with Crippen molar-refractivity contribution in [3.8, 4) is 11.6 Å². The summed E-state index contributed by atoms with van der Waals surface area (Å²) >= 11 is 0. The number of pyridine rings is 1. The smallest absolute Gasteiger partial charge is 0.274 e. The van der Waals surface area contributed by atoms with Crippen LogP contribution in [0, 0.1) is 6.92 Å². The minimum Gasteiger partial charge on any atom is -0.443 e. The molecule has 9 heteroatoms. The Morgan fingerprint density at radius 3 is 2.96 bits per heavy atom. The quantitative estimate of drug-likeness (QED) is 0.740. The van der Waals surface area contributed by atoms with E-state index in [4.69, 9.17) is 10.2 Å². The molecule has 3 aromatic heterocycles. The number of amides is 1. The van der Waals surface area contributed by atoms with Crippen LogP contribution in [-0.2, 0) is 0 Å². The van der Waals surface area contributed by atoms with E-state index < -0.39 is 18.1 Å². The molecule has 0 saturated carbocycles. The number of anilines is 1. The number of fused-ring (bicyclic) bond motifs is 1. The average molecular weight is 354 g/mol. The van der Waals surface area contributed by atoms with E-state index in [9.17, 15) is 9.18 Å². The number of carbonyl (C=O) groups is 1. The molecule has 2 atom stereocenters. The van der Waals surface area contributed by atoms with Crippen molar-refractivity contribution in [1.82, 2.24) is 25.3 Å². The number of aromatic nitrogens is 4. The standard InChI is InChI=1S/C17H15FN6O2/c1-8-12(17-21-5-6-26-17)24-15(19)14(22-8)16(25)23-11-7-10(18)9-3-2-4-20-13(9)11/h2-6,10-11H,7H2,1H3,(H2,19,24)(H,23,25)/t10-,11+/m1/s1. The van der Waals surface area contributed by atoms with Crippen LogP contribution in [0.4, 0.5) is 10.2 Å². The van der Waals surface area contributed by atoms with E-state index in [1.807, 2.05) is 0 Å². The maximum Gasteiger partial charge on any atom is 0.274 e. The van der Waals surface area contributed by atoms with E-state index in [-0.39, 0.29) is 23.8 Å². The molecule has 26 heavy (non-hydrogen) atoms. The number of nitrogens with zero attached hydrogens (tertiary/aromatic N) is 4. The molecule has 3 N–H and O–H groups in total. The number of halogens is 1. The molecule has 0 bridgehead atoms. The van der Waals surface area contributed by atoms with Gasteiger partial charge < -0.3 is 15.5 Å². The van der Waals surface area contributed by atoms with Crippen molar-refractivity contribution in [2.75, 3.05) is 5.73 Å². The van der Waals surface area contributed by atoms with Crippen LogP contribution in [0.2, 0.25) is 0 Å². The van der Waals surface area contributed by atoms with Gasteiger partial charge in [-0.15, -0.1) is 0 Å². The first kappa shape index (κ1) is 16.1. The molecule has 132 valence electrons. The molecule has 0 saturated heterocycles. The maximum atomic E-state index is 14.1. The van der Waals surface area contributed by atoms with Gasteiger partial charge in [0.25, 0.3) is 5.91 Å². The number of hydrogen-bond acceptors (Lipinski definition) is 7. The molecule has 0 aliphatic heterocycles. The van der Waals surface area contributed by atoms with Crippen molar-refractivity contribution in [2.45, 2.75) is 25.6 Å². The highest BCUT2D eigenvalue weighted by molar-refractivity contribution is 5.97. The zero-order valence-corrected chi connectivity index (χ0v) is 13.8. The first-order valence-corrected chi connectivity index (χ1v) is 7.98. The van der Waals surface area contributed by atoms with Crippen LogP contribution in [-0.4, -0.2) is 25.8 Å². The SMILES string of the molecule is Cc1nc(C(=O)N[C@H]2C[C@@H](F)c3cccnc32)c(N)nc1-c1ncco1. The molecule has 0 unspecified atom stereocenters. The second-order valence-electron chi connectivity index (χ2n) is 5.94. The lowest BCUT2D eigenvalue weighted by Gasteiger charge is -2.14. The number of nitrogen functional groups attached to an aromatic ring is 1. The average Bonchev–Trinajstić information content (AvgIpc) is 3.26. The molecular formula is C17H15FN6O2.